The van der Waals surface area contributed by atoms with Crippen LogP contribution >= 0.6 is 35.0 Å². The summed E-state index contributed by atoms with van der Waals surface area (Å²) in [5, 5.41) is 3.96. The summed E-state index contributed by atoms with van der Waals surface area (Å²) in [4.78, 5) is 27.0. The van der Waals surface area contributed by atoms with Crippen LogP contribution in [0.5, 0.6) is 0 Å². The van der Waals surface area contributed by atoms with Crippen LogP contribution in [0.1, 0.15) is 12.8 Å². The molecule has 24 heavy (non-hydrogen) atoms. The second-order valence-corrected chi connectivity index (χ2v) is 7.48. The first-order valence-corrected chi connectivity index (χ1v) is 9.59. The lowest BCUT2D eigenvalue weighted by molar-refractivity contribution is -0.133. The monoisotopic (exact) mass is 389 g/mol. The molecule has 0 bridgehead atoms. The average Bonchev–Trinajstić information content (AvgIpc) is 2.60. The molecule has 0 radical (unpaired) electrons. The molecule has 0 spiro atoms. The molecule has 5 nitrogen and oxygen atoms in total. The first kappa shape index (κ1) is 19.4. The number of hydrogen-bond acceptors (Lipinski definition) is 4. The van der Waals surface area contributed by atoms with Gasteiger partial charge in [0.05, 0.1) is 16.7 Å². The second-order valence-electron chi connectivity index (χ2n) is 5.62. The fourth-order valence-electron chi connectivity index (χ4n) is 2.58. The summed E-state index contributed by atoms with van der Waals surface area (Å²) in [6, 6.07) is 5.18. The van der Waals surface area contributed by atoms with Crippen molar-refractivity contribution in [2.24, 2.45) is 11.7 Å². The molecule has 2 rings (SSSR count). The van der Waals surface area contributed by atoms with Crippen molar-refractivity contribution in [1.29, 1.82) is 0 Å². The van der Waals surface area contributed by atoms with Gasteiger partial charge in [0.1, 0.15) is 0 Å². The van der Waals surface area contributed by atoms with Crippen LogP contribution in [-0.2, 0) is 9.59 Å². The van der Waals surface area contributed by atoms with Gasteiger partial charge in [0.2, 0.25) is 11.8 Å². The molecule has 1 fully saturated rings. The third kappa shape index (κ3) is 5.55. The van der Waals surface area contributed by atoms with Crippen molar-refractivity contribution in [2.75, 3.05) is 31.9 Å². The van der Waals surface area contributed by atoms with Crippen molar-refractivity contribution in [3.05, 3.63) is 28.2 Å². The molecule has 1 aromatic rings. The molecular weight excluding hydrogens is 369 g/mol. The van der Waals surface area contributed by atoms with Gasteiger partial charge < -0.3 is 16.0 Å². The number of likely N-dealkylation sites (tertiary alicyclic amines) is 1. The maximum atomic E-state index is 12.4. The minimum Gasteiger partial charge on any atom is -0.355 e. The maximum Gasteiger partial charge on any atom is 0.232 e. The second kappa shape index (κ2) is 9.51. The molecule has 0 saturated carbocycles. The van der Waals surface area contributed by atoms with Crippen molar-refractivity contribution >= 4 is 46.8 Å². The van der Waals surface area contributed by atoms with E-state index in [4.69, 9.17) is 28.9 Å². The third-order valence-corrected chi connectivity index (χ3v) is 5.55. The average molecular weight is 390 g/mol. The van der Waals surface area contributed by atoms with Gasteiger partial charge in [-0.25, -0.2) is 0 Å². The lowest BCUT2D eigenvalue weighted by Gasteiger charge is -2.32. The van der Waals surface area contributed by atoms with Crippen molar-refractivity contribution in [3.8, 4) is 0 Å². The highest BCUT2D eigenvalue weighted by atomic mass is 35.5. The Morgan fingerprint density at radius 2 is 2.17 bits per heavy atom. The van der Waals surface area contributed by atoms with Gasteiger partial charge in [0.25, 0.3) is 0 Å². The summed E-state index contributed by atoms with van der Waals surface area (Å²) in [6.07, 6.45) is 1.63. The Morgan fingerprint density at radius 1 is 1.38 bits per heavy atom. The summed E-state index contributed by atoms with van der Waals surface area (Å²) >= 11 is 13.4. The van der Waals surface area contributed by atoms with Gasteiger partial charge >= 0.3 is 0 Å². The Labute approximate surface area is 156 Å². The number of nitrogens with zero attached hydrogens (tertiary/aromatic N) is 1. The van der Waals surface area contributed by atoms with Crippen molar-refractivity contribution in [3.63, 3.8) is 0 Å². The highest BCUT2D eigenvalue weighted by Crippen LogP contribution is 2.30. The molecule has 0 aliphatic carbocycles. The zero-order valence-corrected chi connectivity index (χ0v) is 15.6. The fraction of sp³-hybridized carbons (Fsp3) is 0.500. The summed E-state index contributed by atoms with van der Waals surface area (Å²) < 4.78 is 0. The van der Waals surface area contributed by atoms with Gasteiger partial charge in [-0.1, -0.05) is 23.2 Å². The van der Waals surface area contributed by atoms with Crippen LogP contribution in [-0.4, -0.2) is 48.6 Å². The van der Waals surface area contributed by atoms with Crippen LogP contribution in [0.15, 0.2) is 23.1 Å². The Hall–Kier alpha value is -0.950. The van der Waals surface area contributed by atoms with Crippen molar-refractivity contribution in [2.45, 2.75) is 17.7 Å². The number of rotatable bonds is 6. The topological polar surface area (TPSA) is 75.4 Å². The lowest BCUT2D eigenvalue weighted by Crippen LogP contribution is -2.46. The number of benzene rings is 1. The Morgan fingerprint density at radius 3 is 2.92 bits per heavy atom. The summed E-state index contributed by atoms with van der Waals surface area (Å²) in [5.41, 5.74) is 5.40. The number of nitrogens with two attached hydrogens (primary N) is 1. The van der Waals surface area contributed by atoms with E-state index in [1.165, 1.54) is 11.8 Å². The first-order valence-electron chi connectivity index (χ1n) is 7.84. The van der Waals surface area contributed by atoms with Crippen LogP contribution in [0.2, 0.25) is 10.0 Å². The SMILES string of the molecule is NCCNC(=O)C1CCCN(C(=O)CSc2cc(Cl)ccc2Cl)C1. The summed E-state index contributed by atoms with van der Waals surface area (Å²) in [7, 11) is 0. The summed E-state index contributed by atoms with van der Waals surface area (Å²) in [5.74, 6) is 0.0989. The molecule has 1 aliphatic heterocycles. The predicted molar refractivity (Wildman–Crippen MR) is 98.6 cm³/mol. The quantitative estimate of drug-likeness (QED) is 0.732. The van der Waals surface area contributed by atoms with E-state index in [0.717, 1.165) is 17.7 Å². The predicted octanol–water partition coefficient (Wildman–Crippen LogP) is 2.40. The number of piperidine rings is 1. The molecule has 1 saturated heterocycles. The Kier molecular flexibility index (Phi) is 7.68. The van der Waals surface area contributed by atoms with E-state index in [1.807, 2.05) is 0 Å². The summed E-state index contributed by atoms with van der Waals surface area (Å²) in [6.45, 7) is 2.02. The van der Waals surface area contributed by atoms with E-state index in [0.29, 0.717) is 36.2 Å². The molecule has 1 aromatic carbocycles. The van der Waals surface area contributed by atoms with E-state index in [9.17, 15) is 9.59 Å². The molecular formula is C16H21Cl2N3O2S. The third-order valence-electron chi connectivity index (χ3n) is 3.83. The van der Waals surface area contributed by atoms with Crippen LogP contribution in [0, 0.1) is 5.92 Å². The Balaban J connectivity index is 1.87. The normalized spacial score (nSPS) is 17.6. The number of carbonyl (C=O) groups excluding carboxylic acids is 2. The van der Waals surface area contributed by atoms with Crippen molar-refractivity contribution < 1.29 is 9.59 Å². The highest BCUT2D eigenvalue weighted by Gasteiger charge is 2.28. The molecule has 1 aliphatic rings. The smallest absolute Gasteiger partial charge is 0.232 e. The van der Waals surface area contributed by atoms with E-state index in [1.54, 1.807) is 23.1 Å². The molecule has 8 heteroatoms. The van der Waals surface area contributed by atoms with Gasteiger partial charge in [-0.15, -0.1) is 11.8 Å². The molecule has 1 heterocycles. The first-order chi connectivity index (χ1) is 11.5. The minimum atomic E-state index is -0.158. The molecule has 132 valence electrons. The minimum absolute atomic E-state index is 0.00682. The number of amides is 2. The number of halogens is 2. The molecule has 1 unspecified atom stereocenters. The van der Waals surface area contributed by atoms with Gasteiger partial charge in [-0.05, 0) is 31.0 Å². The van der Waals surface area contributed by atoms with Crippen LogP contribution in [0.25, 0.3) is 0 Å². The van der Waals surface area contributed by atoms with Gasteiger partial charge in [0, 0.05) is 36.1 Å². The largest absolute Gasteiger partial charge is 0.355 e. The molecule has 0 aromatic heterocycles. The molecule has 2 amide bonds. The van der Waals surface area contributed by atoms with Crippen LogP contribution in [0.4, 0.5) is 0 Å². The maximum absolute atomic E-state index is 12.4. The van der Waals surface area contributed by atoms with Gasteiger partial charge in [-0.3, -0.25) is 9.59 Å². The fourth-order valence-corrected chi connectivity index (χ4v) is 3.97. The lowest BCUT2D eigenvalue weighted by atomic mass is 9.97. The van der Waals surface area contributed by atoms with E-state index in [-0.39, 0.29) is 23.5 Å². The van der Waals surface area contributed by atoms with Crippen LogP contribution in [0.3, 0.4) is 0 Å². The number of carbonyl (C=O) groups is 2. The molecule has 1 atom stereocenters. The molecule has 3 N–H and O–H groups in total. The number of nitrogens with one attached hydrogen (secondary N) is 1. The standard InChI is InChI=1S/C16H21Cl2N3O2S/c17-12-3-4-13(18)14(8-12)24-10-15(22)21-7-1-2-11(9-21)16(23)20-6-5-19/h3-4,8,11H,1-2,5-7,9-10,19H2,(H,20,23). The van der Waals surface area contributed by atoms with Crippen LogP contribution < -0.4 is 11.1 Å². The Bertz CT molecular complexity index is 601. The van der Waals surface area contributed by atoms with Gasteiger partial charge in [0.15, 0.2) is 0 Å². The zero-order valence-electron chi connectivity index (χ0n) is 13.3. The van der Waals surface area contributed by atoms with E-state index in [2.05, 4.69) is 5.32 Å². The van der Waals surface area contributed by atoms with Crippen molar-refractivity contribution in [1.82, 2.24) is 10.2 Å². The zero-order chi connectivity index (χ0) is 17.5. The van der Waals surface area contributed by atoms with Gasteiger partial charge in [-0.2, -0.15) is 0 Å². The number of hydrogen-bond donors (Lipinski definition) is 2. The highest BCUT2D eigenvalue weighted by molar-refractivity contribution is 8.00. The van der Waals surface area contributed by atoms with E-state index >= 15 is 0 Å². The number of thioether (sulfide) groups is 1. The van der Waals surface area contributed by atoms with E-state index < -0.39 is 0 Å².